The Kier molecular flexibility index (Phi) is 5.26. The number of aromatic nitrogens is 2. The number of hydrogen-bond acceptors (Lipinski definition) is 3. The summed E-state index contributed by atoms with van der Waals surface area (Å²) in [6.45, 7) is 7.31. The number of aryl methyl sites for hydroxylation is 2. The molecule has 0 fully saturated rings. The van der Waals surface area contributed by atoms with E-state index in [0.717, 1.165) is 18.0 Å². The molecule has 1 aromatic carbocycles. The molecule has 0 amide bonds. The van der Waals surface area contributed by atoms with Crippen LogP contribution in [-0.2, 0) is 19.3 Å². The van der Waals surface area contributed by atoms with Crippen molar-refractivity contribution in [3.05, 3.63) is 47.2 Å². The van der Waals surface area contributed by atoms with Gasteiger partial charge in [-0.05, 0) is 12.5 Å². The third-order valence-corrected chi connectivity index (χ3v) is 4.46. The van der Waals surface area contributed by atoms with Gasteiger partial charge in [0.2, 0.25) is 0 Å². The normalized spacial score (nSPS) is 11.2. The van der Waals surface area contributed by atoms with Crippen molar-refractivity contribution in [1.29, 1.82) is 0 Å². The summed E-state index contributed by atoms with van der Waals surface area (Å²) in [4.78, 5) is 0. The van der Waals surface area contributed by atoms with E-state index in [1.54, 1.807) is 0 Å². The van der Waals surface area contributed by atoms with Crippen LogP contribution in [0.5, 0.6) is 0 Å². The summed E-state index contributed by atoms with van der Waals surface area (Å²) in [6, 6.07) is 11.1. The van der Waals surface area contributed by atoms with Gasteiger partial charge in [-0.25, -0.2) is 0 Å². The molecular weight excluding hydrogens is 266 g/mol. The SMILES string of the molecule is Cc1nn(C)c(SCc2ccccc2)c1CNC(C)C. The van der Waals surface area contributed by atoms with Gasteiger partial charge in [-0.15, -0.1) is 11.8 Å². The van der Waals surface area contributed by atoms with Crippen LogP contribution in [0.2, 0.25) is 0 Å². The van der Waals surface area contributed by atoms with E-state index < -0.39 is 0 Å². The second-order valence-corrected chi connectivity index (χ2v) is 6.27. The molecule has 1 aromatic heterocycles. The molecule has 0 bridgehead atoms. The van der Waals surface area contributed by atoms with Gasteiger partial charge in [-0.1, -0.05) is 44.2 Å². The van der Waals surface area contributed by atoms with Crippen LogP contribution in [0.15, 0.2) is 35.4 Å². The highest BCUT2D eigenvalue weighted by atomic mass is 32.2. The number of thioether (sulfide) groups is 1. The van der Waals surface area contributed by atoms with Gasteiger partial charge in [-0.2, -0.15) is 5.10 Å². The summed E-state index contributed by atoms with van der Waals surface area (Å²) in [7, 11) is 2.03. The first-order valence-electron chi connectivity index (χ1n) is 7.00. The Morgan fingerprint density at radius 2 is 1.95 bits per heavy atom. The standard InChI is InChI=1S/C16H23N3S/c1-12(2)17-10-15-13(3)18-19(4)16(15)20-11-14-8-6-5-7-9-14/h5-9,12,17H,10-11H2,1-4H3. The number of benzene rings is 1. The summed E-state index contributed by atoms with van der Waals surface area (Å²) in [5, 5.41) is 9.31. The first-order valence-corrected chi connectivity index (χ1v) is 7.99. The van der Waals surface area contributed by atoms with Gasteiger partial charge < -0.3 is 5.32 Å². The van der Waals surface area contributed by atoms with Gasteiger partial charge in [0, 0.05) is 31.0 Å². The highest BCUT2D eigenvalue weighted by Crippen LogP contribution is 2.27. The smallest absolute Gasteiger partial charge is 0.0987 e. The van der Waals surface area contributed by atoms with E-state index in [1.807, 2.05) is 23.5 Å². The number of rotatable bonds is 6. The van der Waals surface area contributed by atoms with Crippen molar-refractivity contribution in [1.82, 2.24) is 15.1 Å². The van der Waals surface area contributed by atoms with Crippen LogP contribution >= 0.6 is 11.8 Å². The molecular formula is C16H23N3S. The Hall–Kier alpha value is -1.26. The fourth-order valence-electron chi connectivity index (χ4n) is 2.10. The maximum atomic E-state index is 4.56. The summed E-state index contributed by atoms with van der Waals surface area (Å²) in [5.74, 6) is 0.981. The number of hydrogen-bond donors (Lipinski definition) is 1. The lowest BCUT2D eigenvalue weighted by Crippen LogP contribution is -2.22. The molecule has 3 nitrogen and oxygen atoms in total. The molecule has 4 heteroatoms. The predicted octanol–water partition coefficient (Wildman–Crippen LogP) is 3.52. The molecule has 0 saturated heterocycles. The Morgan fingerprint density at radius 1 is 1.25 bits per heavy atom. The summed E-state index contributed by atoms with van der Waals surface area (Å²) < 4.78 is 2.00. The van der Waals surface area contributed by atoms with Crippen LogP contribution in [0.25, 0.3) is 0 Å². The van der Waals surface area contributed by atoms with E-state index in [2.05, 4.69) is 61.5 Å². The van der Waals surface area contributed by atoms with E-state index in [-0.39, 0.29) is 0 Å². The van der Waals surface area contributed by atoms with Gasteiger partial charge in [0.25, 0.3) is 0 Å². The van der Waals surface area contributed by atoms with E-state index in [4.69, 9.17) is 0 Å². The van der Waals surface area contributed by atoms with Crippen LogP contribution in [0.3, 0.4) is 0 Å². The average Bonchev–Trinajstić information content (AvgIpc) is 2.69. The van der Waals surface area contributed by atoms with Crippen LogP contribution in [-0.4, -0.2) is 15.8 Å². The van der Waals surface area contributed by atoms with Crippen molar-refractivity contribution in [3.63, 3.8) is 0 Å². The Balaban J connectivity index is 2.10. The molecule has 1 heterocycles. The first-order chi connectivity index (χ1) is 9.58. The molecule has 108 valence electrons. The molecule has 0 radical (unpaired) electrons. The molecule has 2 rings (SSSR count). The number of nitrogens with one attached hydrogen (secondary N) is 1. The molecule has 0 aliphatic rings. The lowest BCUT2D eigenvalue weighted by Gasteiger charge is -2.10. The second-order valence-electron chi connectivity index (χ2n) is 5.30. The van der Waals surface area contributed by atoms with Crippen molar-refractivity contribution in [2.24, 2.45) is 7.05 Å². The highest BCUT2D eigenvalue weighted by molar-refractivity contribution is 7.98. The van der Waals surface area contributed by atoms with E-state index in [1.165, 1.54) is 16.2 Å². The number of nitrogens with zero attached hydrogens (tertiary/aromatic N) is 2. The monoisotopic (exact) mass is 289 g/mol. The summed E-state index contributed by atoms with van der Waals surface area (Å²) >= 11 is 1.86. The van der Waals surface area contributed by atoms with Crippen LogP contribution in [0, 0.1) is 6.92 Å². The highest BCUT2D eigenvalue weighted by Gasteiger charge is 2.13. The maximum absolute atomic E-state index is 4.56. The molecule has 0 spiro atoms. The lowest BCUT2D eigenvalue weighted by molar-refractivity contribution is 0.580. The van der Waals surface area contributed by atoms with Crippen molar-refractivity contribution in [3.8, 4) is 0 Å². The van der Waals surface area contributed by atoms with Gasteiger partial charge in [0.05, 0.1) is 10.7 Å². The summed E-state index contributed by atoms with van der Waals surface area (Å²) in [6.07, 6.45) is 0. The van der Waals surface area contributed by atoms with E-state index >= 15 is 0 Å². The minimum atomic E-state index is 0.488. The van der Waals surface area contributed by atoms with Crippen LogP contribution < -0.4 is 5.32 Å². The zero-order valence-corrected chi connectivity index (χ0v) is 13.5. The topological polar surface area (TPSA) is 29.9 Å². The molecule has 1 N–H and O–H groups in total. The Morgan fingerprint density at radius 3 is 2.60 bits per heavy atom. The fraction of sp³-hybridized carbons (Fsp3) is 0.438. The fourth-order valence-corrected chi connectivity index (χ4v) is 3.21. The van der Waals surface area contributed by atoms with E-state index in [0.29, 0.717) is 6.04 Å². The minimum Gasteiger partial charge on any atom is -0.310 e. The Labute approximate surface area is 125 Å². The molecule has 2 aromatic rings. The molecule has 20 heavy (non-hydrogen) atoms. The van der Waals surface area contributed by atoms with E-state index in [9.17, 15) is 0 Å². The largest absolute Gasteiger partial charge is 0.310 e. The average molecular weight is 289 g/mol. The second kappa shape index (κ2) is 6.95. The summed E-state index contributed by atoms with van der Waals surface area (Å²) in [5.41, 5.74) is 3.79. The third kappa shape index (κ3) is 3.87. The quantitative estimate of drug-likeness (QED) is 0.825. The molecule has 0 aliphatic heterocycles. The van der Waals surface area contributed by atoms with Gasteiger partial charge >= 0.3 is 0 Å². The maximum Gasteiger partial charge on any atom is 0.0987 e. The molecule has 0 unspecified atom stereocenters. The lowest BCUT2D eigenvalue weighted by atomic mass is 10.2. The molecule has 0 aliphatic carbocycles. The minimum absolute atomic E-state index is 0.488. The third-order valence-electron chi connectivity index (χ3n) is 3.19. The van der Waals surface area contributed by atoms with Crippen LogP contribution in [0.4, 0.5) is 0 Å². The predicted molar refractivity (Wildman–Crippen MR) is 85.9 cm³/mol. The first kappa shape index (κ1) is 15.1. The van der Waals surface area contributed by atoms with Crippen molar-refractivity contribution < 1.29 is 0 Å². The molecule has 0 saturated carbocycles. The zero-order valence-electron chi connectivity index (χ0n) is 12.7. The van der Waals surface area contributed by atoms with Gasteiger partial charge in [0.1, 0.15) is 0 Å². The Bertz CT molecular complexity index is 546. The van der Waals surface area contributed by atoms with Gasteiger partial charge in [0.15, 0.2) is 0 Å². The van der Waals surface area contributed by atoms with Crippen molar-refractivity contribution in [2.45, 2.75) is 44.1 Å². The van der Waals surface area contributed by atoms with Crippen molar-refractivity contribution >= 4 is 11.8 Å². The molecule has 0 atom stereocenters. The van der Waals surface area contributed by atoms with Crippen molar-refractivity contribution in [2.75, 3.05) is 0 Å². The zero-order chi connectivity index (χ0) is 14.5. The van der Waals surface area contributed by atoms with Gasteiger partial charge in [-0.3, -0.25) is 4.68 Å². The van der Waals surface area contributed by atoms with Crippen LogP contribution in [0.1, 0.15) is 30.7 Å².